The summed E-state index contributed by atoms with van der Waals surface area (Å²) < 4.78 is 0. The van der Waals surface area contributed by atoms with Crippen LogP contribution < -0.4 is 5.32 Å². The third kappa shape index (κ3) is 2.94. The summed E-state index contributed by atoms with van der Waals surface area (Å²) in [6.07, 6.45) is 1.17. The molecule has 0 heterocycles. The summed E-state index contributed by atoms with van der Waals surface area (Å²) in [4.78, 5) is 0. The third-order valence-corrected chi connectivity index (χ3v) is 1.56. The minimum Gasteiger partial charge on any atom is -0.316 e. The molecule has 0 aromatic heterocycles. The first kappa shape index (κ1) is 7.31. The monoisotopic (exact) mass is 119 g/mol. The molecule has 0 rings (SSSR count). The maximum Gasteiger partial charge on any atom is 0.0150 e. The molecule has 0 aliphatic heterocycles. The van der Waals surface area contributed by atoms with E-state index in [-0.39, 0.29) is 0 Å². The van der Waals surface area contributed by atoms with Gasteiger partial charge in [0.15, 0.2) is 0 Å². The molecule has 0 aromatic rings. The van der Waals surface area contributed by atoms with Crippen molar-refractivity contribution in [3.05, 3.63) is 0 Å². The average molecular weight is 119 g/mol. The molecule has 44 valence electrons. The van der Waals surface area contributed by atoms with E-state index in [2.05, 4.69) is 24.9 Å². The highest BCUT2D eigenvalue weighted by molar-refractivity contribution is 7.80. The number of thiol groups is 1. The van der Waals surface area contributed by atoms with Crippen molar-refractivity contribution in [1.29, 1.82) is 0 Å². The lowest BCUT2D eigenvalue weighted by Crippen LogP contribution is -2.25. The summed E-state index contributed by atoms with van der Waals surface area (Å²) in [5.74, 6) is 0.938. The second-order valence-electron chi connectivity index (χ2n) is 1.58. The van der Waals surface area contributed by atoms with Crippen molar-refractivity contribution in [2.24, 2.45) is 0 Å². The van der Waals surface area contributed by atoms with E-state index in [1.165, 1.54) is 6.42 Å². The minimum absolute atomic E-state index is 0.600. The van der Waals surface area contributed by atoms with Crippen LogP contribution in [-0.2, 0) is 0 Å². The molecule has 1 unspecified atom stereocenters. The Morgan fingerprint density at radius 2 is 2.29 bits per heavy atom. The van der Waals surface area contributed by atoms with Crippen molar-refractivity contribution in [3.8, 4) is 0 Å². The van der Waals surface area contributed by atoms with Crippen LogP contribution in [-0.4, -0.2) is 18.8 Å². The molecule has 0 aliphatic carbocycles. The van der Waals surface area contributed by atoms with Crippen LogP contribution in [0.3, 0.4) is 0 Å². The summed E-state index contributed by atoms with van der Waals surface area (Å²) in [6, 6.07) is 0.600. The van der Waals surface area contributed by atoms with Crippen LogP contribution in [0.25, 0.3) is 0 Å². The predicted octanol–water partition coefficient (Wildman–Crippen LogP) is 0.914. The van der Waals surface area contributed by atoms with Crippen LogP contribution in [0.1, 0.15) is 13.3 Å². The van der Waals surface area contributed by atoms with Gasteiger partial charge in [-0.3, -0.25) is 0 Å². The molecule has 0 saturated carbocycles. The predicted molar refractivity (Wildman–Crippen MR) is 37.0 cm³/mol. The highest BCUT2D eigenvalue weighted by Gasteiger charge is 1.95. The Kier molecular flexibility index (Phi) is 4.67. The van der Waals surface area contributed by atoms with Gasteiger partial charge in [-0.1, -0.05) is 6.92 Å². The summed E-state index contributed by atoms with van der Waals surface area (Å²) in [5, 5.41) is 3.12. The standard InChI is InChI=1S/C5H13NS/c1-3-5(4-7)6-2/h5-7H,3-4H2,1-2H3. The third-order valence-electron chi connectivity index (χ3n) is 1.12. The van der Waals surface area contributed by atoms with Crippen LogP contribution in [0, 0.1) is 0 Å². The molecule has 0 fully saturated rings. The van der Waals surface area contributed by atoms with Gasteiger partial charge in [0.25, 0.3) is 0 Å². The van der Waals surface area contributed by atoms with E-state index in [1.807, 2.05) is 7.05 Å². The van der Waals surface area contributed by atoms with Gasteiger partial charge in [-0.15, -0.1) is 0 Å². The quantitative estimate of drug-likeness (QED) is 0.526. The van der Waals surface area contributed by atoms with Gasteiger partial charge in [-0.25, -0.2) is 0 Å². The molecule has 7 heavy (non-hydrogen) atoms. The van der Waals surface area contributed by atoms with Gasteiger partial charge < -0.3 is 5.32 Å². The fourth-order valence-corrected chi connectivity index (χ4v) is 0.865. The number of rotatable bonds is 3. The molecule has 1 nitrogen and oxygen atoms in total. The summed E-state index contributed by atoms with van der Waals surface area (Å²) >= 11 is 4.11. The van der Waals surface area contributed by atoms with E-state index in [1.54, 1.807) is 0 Å². The van der Waals surface area contributed by atoms with E-state index in [0.29, 0.717) is 6.04 Å². The Labute approximate surface area is 50.9 Å². The van der Waals surface area contributed by atoms with Gasteiger partial charge in [0.05, 0.1) is 0 Å². The second kappa shape index (κ2) is 4.47. The van der Waals surface area contributed by atoms with Crippen molar-refractivity contribution in [2.45, 2.75) is 19.4 Å². The Balaban J connectivity index is 2.99. The van der Waals surface area contributed by atoms with Crippen LogP contribution in [0.4, 0.5) is 0 Å². The van der Waals surface area contributed by atoms with Gasteiger partial charge >= 0.3 is 0 Å². The Morgan fingerprint density at radius 1 is 1.71 bits per heavy atom. The molecular weight excluding hydrogens is 106 g/mol. The summed E-state index contributed by atoms with van der Waals surface area (Å²) in [5.41, 5.74) is 0. The van der Waals surface area contributed by atoms with Gasteiger partial charge in [0.1, 0.15) is 0 Å². The molecule has 0 saturated heterocycles. The van der Waals surface area contributed by atoms with Gasteiger partial charge in [0, 0.05) is 11.8 Å². The van der Waals surface area contributed by atoms with Gasteiger partial charge in [-0.05, 0) is 13.5 Å². The smallest absolute Gasteiger partial charge is 0.0150 e. The first-order valence-corrected chi connectivity index (χ1v) is 3.26. The molecule has 0 spiro atoms. The largest absolute Gasteiger partial charge is 0.316 e. The zero-order chi connectivity index (χ0) is 5.70. The van der Waals surface area contributed by atoms with Gasteiger partial charge in [0.2, 0.25) is 0 Å². The summed E-state index contributed by atoms with van der Waals surface area (Å²) in [7, 11) is 1.96. The maximum atomic E-state index is 4.11. The fraction of sp³-hybridized carbons (Fsp3) is 1.00. The van der Waals surface area contributed by atoms with E-state index in [4.69, 9.17) is 0 Å². The zero-order valence-electron chi connectivity index (χ0n) is 4.94. The minimum atomic E-state index is 0.600. The van der Waals surface area contributed by atoms with Crippen LogP contribution in [0.2, 0.25) is 0 Å². The molecule has 1 atom stereocenters. The maximum absolute atomic E-state index is 4.11. The fourth-order valence-electron chi connectivity index (χ4n) is 0.425. The second-order valence-corrected chi connectivity index (χ2v) is 1.94. The topological polar surface area (TPSA) is 12.0 Å². The summed E-state index contributed by atoms with van der Waals surface area (Å²) in [6.45, 7) is 2.15. The number of hydrogen-bond acceptors (Lipinski definition) is 2. The molecule has 0 aromatic carbocycles. The van der Waals surface area contributed by atoms with Crippen LogP contribution in [0.15, 0.2) is 0 Å². The Morgan fingerprint density at radius 3 is 2.29 bits per heavy atom. The van der Waals surface area contributed by atoms with Crippen molar-refractivity contribution < 1.29 is 0 Å². The van der Waals surface area contributed by atoms with Crippen molar-refractivity contribution in [3.63, 3.8) is 0 Å². The molecule has 0 amide bonds. The molecule has 2 heteroatoms. The average Bonchev–Trinajstić information content (AvgIpc) is 1.72. The number of hydrogen-bond donors (Lipinski definition) is 2. The Hall–Kier alpha value is 0.310. The van der Waals surface area contributed by atoms with E-state index < -0.39 is 0 Å². The van der Waals surface area contributed by atoms with E-state index >= 15 is 0 Å². The number of nitrogens with one attached hydrogen (secondary N) is 1. The first-order chi connectivity index (χ1) is 3.35. The highest BCUT2D eigenvalue weighted by atomic mass is 32.1. The van der Waals surface area contributed by atoms with Crippen molar-refractivity contribution in [2.75, 3.05) is 12.8 Å². The lowest BCUT2D eigenvalue weighted by molar-refractivity contribution is 0.603. The van der Waals surface area contributed by atoms with Crippen LogP contribution in [0.5, 0.6) is 0 Å². The molecule has 0 radical (unpaired) electrons. The molecule has 0 aliphatic rings. The Bertz CT molecular complexity index is 29.6. The van der Waals surface area contributed by atoms with Gasteiger partial charge in [-0.2, -0.15) is 12.6 Å². The lowest BCUT2D eigenvalue weighted by Gasteiger charge is -2.07. The SMILES string of the molecule is CCC(CS)NC. The van der Waals surface area contributed by atoms with E-state index in [0.717, 1.165) is 5.75 Å². The van der Waals surface area contributed by atoms with Crippen molar-refractivity contribution in [1.82, 2.24) is 5.32 Å². The normalized spacial score (nSPS) is 14.1. The van der Waals surface area contributed by atoms with Crippen molar-refractivity contribution >= 4 is 12.6 Å². The highest BCUT2D eigenvalue weighted by Crippen LogP contribution is 1.89. The molecular formula is C5H13NS. The van der Waals surface area contributed by atoms with E-state index in [9.17, 15) is 0 Å². The first-order valence-electron chi connectivity index (χ1n) is 2.63. The zero-order valence-corrected chi connectivity index (χ0v) is 5.83. The molecule has 1 N–H and O–H groups in total. The van der Waals surface area contributed by atoms with Crippen LogP contribution >= 0.6 is 12.6 Å². The molecule has 0 bridgehead atoms. The lowest BCUT2D eigenvalue weighted by atomic mass is 10.3.